The number of aromatic nitrogens is 2. The zero-order valence-electron chi connectivity index (χ0n) is 10.6. The predicted octanol–water partition coefficient (Wildman–Crippen LogP) is 1.85. The highest BCUT2D eigenvalue weighted by Gasteiger charge is 2.02. The Balaban J connectivity index is 2.26. The van der Waals surface area contributed by atoms with Crippen molar-refractivity contribution in [1.29, 1.82) is 0 Å². The number of anilines is 1. The van der Waals surface area contributed by atoms with Crippen molar-refractivity contribution < 1.29 is 9.53 Å². The van der Waals surface area contributed by atoms with Crippen LogP contribution >= 0.6 is 0 Å². The van der Waals surface area contributed by atoms with Gasteiger partial charge in [-0.1, -0.05) is 0 Å². The largest absolute Gasteiger partial charge is 0.466 e. The van der Waals surface area contributed by atoms with E-state index in [0.29, 0.717) is 19.6 Å². The lowest BCUT2D eigenvalue weighted by Crippen LogP contribution is -2.09. The molecule has 0 amide bonds. The number of rotatable bonds is 6. The zero-order chi connectivity index (χ0) is 12.7. The number of hydrogen-bond acceptors (Lipinski definition) is 5. The standard InChI is InChI=1S/C12H19N3O2/c1-4-17-12(16)6-5-7-13-11-8-14-9(2)10(3)15-11/h8H,4-7H2,1-3H3,(H,13,15). The van der Waals surface area contributed by atoms with E-state index in [-0.39, 0.29) is 5.97 Å². The molecular weight excluding hydrogens is 218 g/mol. The van der Waals surface area contributed by atoms with Crippen LogP contribution < -0.4 is 5.32 Å². The second-order valence-electron chi connectivity index (χ2n) is 3.76. The van der Waals surface area contributed by atoms with Gasteiger partial charge in [-0.05, 0) is 27.2 Å². The van der Waals surface area contributed by atoms with Gasteiger partial charge in [0, 0.05) is 13.0 Å². The molecule has 0 aromatic carbocycles. The molecule has 1 aromatic heterocycles. The molecule has 0 saturated carbocycles. The van der Waals surface area contributed by atoms with Gasteiger partial charge in [0.1, 0.15) is 5.82 Å². The Hall–Kier alpha value is -1.65. The van der Waals surface area contributed by atoms with Gasteiger partial charge >= 0.3 is 5.97 Å². The molecule has 0 atom stereocenters. The SMILES string of the molecule is CCOC(=O)CCCNc1cnc(C)c(C)n1. The monoisotopic (exact) mass is 237 g/mol. The highest BCUT2D eigenvalue weighted by atomic mass is 16.5. The molecule has 1 aromatic rings. The number of carbonyl (C=O) groups is 1. The maximum Gasteiger partial charge on any atom is 0.305 e. The van der Waals surface area contributed by atoms with Crippen molar-refractivity contribution >= 4 is 11.8 Å². The first-order valence-corrected chi connectivity index (χ1v) is 5.83. The lowest BCUT2D eigenvalue weighted by molar-refractivity contribution is -0.143. The zero-order valence-corrected chi connectivity index (χ0v) is 10.6. The van der Waals surface area contributed by atoms with Crippen molar-refractivity contribution in [1.82, 2.24) is 9.97 Å². The van der Waals surface area contributed by atoms with E-state index < -0.39 is 0 Å². The Morgan fingerprint density at radius 3 is 2.82 bits per heavy atom. The van der Waals surface area contributed by atoms with Crippen LogP contribution in [0.15, 0.2) is 6.20 Å². The Morgan fingerprint density at radius 1 is 1.41 bits per heavy atom. The van der Waals surface area contributed by atoms with Gasteiger partial charge in [-0.3, -0.25) is 9.78 Å². The number of nitrogens with zero attached hydrogens (tertiary/aromatic N) is 2. The van der Waals surface area contributed by atoms with Crippen LogP contribution in [-0.4, -0.2) is 29.1 Å². The summed E-state index contributed by atoms with van der Waals surface area (Å²) in [5, 5.41) is 3.13. The van der Waals surface area contributed by atoms with E-state index in [2.05, 4.69) is 15.3 Å². The summed E-state index contributed by atoms with van der Waals surface area (Å²) in [6, 6.07) is 0. The molecule has 5 heteroatoms. The summed E-state index contributed by atoms with van der Waals surface area (Å²) in [6.07, 6.45) is 2.86. The van der Waals surface area contributed by atoms with Crippen molar-refractivity contribution in [2.45, 2.75) is 33.6 Å². The number of esters is 1. The smallest absolute Gasteiger partial charge is 0.305 e. The third kappa shape index (κ3) is 4.80. The van der Waals surface area contributed by atoms with E-state index in [4.69, 9.17) is 4.74 Å². The van der Waals surface area contributed by atoms with Crippen LogP contribution in [0.1, 0.15) is 31.2 Å². The summed E-state index contributed by atoms with van der Waals surface area (Å²) in [6.45, 7) is 6.78. The molecule has 0 aliphatic carbocycles. The first kappa shape index (κ1) is 13.4. The average Bonchev–Trinajstić information content (AvgIpc) is 2.29. The van der Waals surface area contributed by atoms with Crippen LogP contribution in [-0.2, 0) is 9.53 Å². The quantitative estimate of drug-likeness (QED) is 0.604. The fourth-order valence-electron chi connectivity index (χ4n) is 1.31. The predicted molar refractivity (Wildman–Crippen MR) is 65.9 cm³/mol. The van der Waals surface area contributed by atoms with E-state index in [1.54, 1.807) is 13.1 Å². The number of carbonyl (C=O) groups excluding carboxylic acids is 1. The molecule has 1 heterocycles. The highest BCUT2D eigenvalue weighted by molar-refractivity contribution is 5.69. The number of hydrogen-bond donors (Lipinski definition) is 1. The van der Waals surface area contributed by atoms with Crippen LogP contribution in [0, 0.1) is 13.8 Å². The average molecular weight is 237 g/mol. The number of nitrogens with one attached hydrogen (secondary N) is 1. The van der Waals surface area contributed by atoms with Gasteiger partial charge in [0.2, 0.25) is 0 Å². The van der Waals surface area contributed by atoms with Crippen LogP contribution in [0.2, 0.25) is 0 Å². The molecular formula is C12H19N3O2. The molecule has 0 aliphatic heterocycles. The van der Waals surface area contributed by atoms with Crippen LogP contribution in [0.5, 0.6) is 0 Å². The second-order valence-corrected chi connectivity index (χ2v) is 3.76. The summed E-state index contributed by atoms with van der Waals surface area (Å²) in [5.41, 5.74) is 1.85. The summed E-state index contributed by atoms with van der Waals surface area (Å²) in [5.74, 6) is 0.595. The van der Waals surface area contributed by atoms with Crippen LogP contribution in [0.25, 0.3) is 0 Å². The van der Waals surface area contributed by atoms with E-state index in [1.165, 1.54) is 0 Å². The van der Waals surface area contributed by atoms with E-state index in [9.17, 15) is 4.79 Å². The van der Waals surface area contributed by atoms with Gasteiger partial charge in [0.15, 0.2) is 0 Å². The summed E-state index contributed by atoms with van der Waals surface area (Å²) in [7, 11) is 0. The fraction of sp³-hybridized carbons (Fsp3) is 0.583. The Morgan fingerprint density at radius 2 is 2.18 bits per heavy atom. The summed E-state index contributed by atoms with van der Waals surface area (Å²) >= 11 is 0. The minimum absolute atomic E-state index is 0.152. The Labute approximate surface area is 102 Å². The molecule has 0 spiro atoms. The summed E-state index contributed by atoms with van der Waals surface area (Å²) < 4.78 is 4.83. The van der Waals surface area contributed by atoms with Gasteiger partial charge in [-0.2, -0.15) is 0 Å². The molecule has 0 fully saturated rings. The van der Waals surface area contributed by atoms with Crippen molar-refractivity contribution in [2.24, 2.45) is 0 Å². The third-order valence-corrected chi connectivity index (χ3v) is 2.36. The molecule has 0 radical (unpaired) electrons. The van der Waals surface area contributed by atoms with Gasteiger partial charge in [-0.15, -0.1) is 0 Å². The number of aryl methyl sites for hydroxylation is 2. The lowest BCUT2D eigenvalue weighted by atomic mass is 10.3. The van der Waals surface area contributed by atoms with E-state index in [1.807, 2.05) is 13.8 Å². The van der Waals surface area contributed by atoms with Gasteiger partial charge in [0.25, 0.3) is 0 Å². The molecule has 1 rings (SSSR count). The summed E-state index contributed by atoms with van der Waals surface area (Å²) in [4.78, 5) is 19.6. The molecule has 94 valence electrons. The fourth-order valence-corrected chi connectivity index (χ4v) is 1.31. The van der Waals surface area contributed by atoms with Crippen molar-refractivity contribution in [3.05, 3.63) is 17.6 Å². The number of ether oxygens (including phenoxy) is 1. The van der Waals surface area contributed by atoms with Crippen molar-refractivity contribution in [2.75, 3.05) is 18.5 Å². The molecule has 5 nitrogen and oxygen atoms in total. The normalized spacial score (nSPS) is 10.1. The van der Waals surface area contributed by atoms with E-state index >= 15 is 0 Å². The molecule has 0 aliphatic rings. The maximum absolute atomic E-state index is 11.1. The van der Waals surface area contributed by atoms with Crippen LogP contribution in [0.3, 0.4) is 0 Å². The topological polar surface area (TPSA) is 64.1 Å². The highest BCUT2D eigenvalue weighted by Crippen LogP contribution is 2.05. The molecule has 17 heavy (non-hydrogen) atoms. The minimum atomic E-state index is -0.152. The molecule has 1 N–H and O–H groups in total. The van der Waals surface area contributed by atoms with E-state index in [0.717, 1.165) is 23.6 Å². The van der Waals surface area contributed by atoms with Gasteiger partial charge in [-0.25, -0.2) is 4.98 Å². The van der Waals surface area contributed by atoms with Gasteiger partial charge < -0.3 is 10.1 Å². The van der Waals surface area contributed by atoms with Crippen LogP contribution in [0.4, 0.5) is 5.82 Å². The Bertz CT molecular complexity index is 380. The minimum Gasteiger partial charge on any atom is -0.466 e. The maximum atomic E-state index is 11.1. The first-order chi connectivity index (χ1) is 8.13. The van der Waals surface area contributed by atoms with Crippen molar-refractivity contribution in [3.63, 3.8) is 0 Å². The van der Waals surface area contributed by atoms with Crippen molar-refractivity contribution in [3.8, 4) is 0 Å². The van der Waals surface area contributed by atoms with Gasteiger partial charge in [0.05, 0.1) is 24.2 Å². The lowest BCUT2D eigenvalue weighted by Gasteiger charge is -2.06. The Kier molecular flexibility index (Phi) is 5.39. The molecule has 0 unspecified atom stereocenters. The molecule has 0 saturated heterocycles. The third-order valence-electron chi connectivity index (χ3n) is 2.36. The first-order valence-electron chi connectivity index (χ1n) is 5.83. The second kappa shape index (κ2) is 6.83. The molecule has 0 bridgehead atoms.